The fraction of sp³-hybridized carbons (Fsp3) is 0.667. The summed E-state index contributed by atoms with van der Waals surface area (Å²) in [4.78, 5) is 21.3. The standard InChI is InChI=1S/C7H11NO3.C2H6/c1-3-11-7(10)4-6(9)5(2)8;1-2/h8H,3-4H2,1-2H3;1-2H3. The smallest absolute Gasteiger partial charge is 0.313 e. The van der Waals surface area contributed by atoms with Crippen LogP contribution in [0.1, 0.15) is 34.1 Å². The van der Waals surface area contributed by atoms with Crippen LogP contribution in [0.5, 0.6) is 0 Å². The van der Waals surface area contributed by atoms with E-state index in [1.165, 1.54) is 6.92 Å². The van der Waals surface area contributed by atoms with Gasteiger partial charge in [0.25, 0.3) is 0 Å². The number of esters is 1. The van der Waals surface area contributed by atoms with Crippen molar-refractivity contribution in [2.75, 3.05) is 6.61 Å². The van der Waals surface area contributed by atoms with Gasteiger partial charge >= 0.3 is 5.97 Å². The van der Waals surface area contributed by atoms with E-state index in [1.807, 2.05) is 13.8 Å². The minimum Gasteiger partial charge on any atom is -0.466 e. The van der Waals surface area contributed by atoms with Crippen LogP contribution in [0.25, 0.3) is 0 Å². The van der Waals surface area contributed by atoms with Crippen LogP contribution in [0.2, 0.25) is 0 Å². The molecule has 0 bridgehead atoms. The van der Waals surface area contributed by atoms with Crippen LogP contribution >= 0.6 is 0 Å². The van der Waals surface area contributed by atoms with Crippen molar-refractivity contribution in [3.8, 4) is 0 Å². The van der Waals surface area contributed by atoms with Gasteiger partial charge in [-0.15, -0.1) is 0 Å². The number of ketones is 1. The number of nitrogens with one attached hydrogen (secondary N) is 1. The van der Waals surface area contributed by atoms with Crippen LogP contribution in [-0.2, 0) is 14.3 Å². The van der Waals surface area contributed by atoms with Gasteiger partial charge in [-0.05, 0) is 13.8 Å². The SMILES string of the molecule is CC.CCOC(=O)CC(=O)C(C)=N. The van der Waals surface area contributed by atoms with Crippen molar-refractivity contribution in [2.24, 2.45) is 0 Å². The highest BCUT2D eigenvalue weighted by molar-refractivity contribution is 6.40. The summed E-state index contributed by atoms with van der Waals surface area (Å²) in [5.74, 6) is -1.05. The van der Waals surface area contributed by atoms with Crippen molar-refractivity contribution in [2.45, 2.75) is 34.1 Å². The van der Waals surface area contributed by atoms with Crippen molar-refractivity contribution in [1.29, 1.82) is 5.41 Å². The Labute approximate surface area is 78.8 Å². The first-order valence-corrected chi connectivity index (χ1v) is 4.32. The van der Waals surface area contributed by atoms with E-state index in [4.69, 9.17) is 5.41 Å². The van der Waals surface area contributed by atoms with Crippen LogP contribution in [-0.4, -0.2) is 24.1 Å². The zero-order valence-electron chi connectivity index (χ0n) is 8.64. The molecule has 0 radical (unpaired) electrons. The lowest BCUT2D eigenvalue weighted by atomic mass is 10.2. The highest BCUT2D eigenvalue weighted by atomic mass is 16.5. The van der Waals surface area contributed by atoms with E-state index in [1.54, 1.807) is 6.92 Å². The van der Waals surface area contributed by atoms with Gasteiger partial charge in [-0.3, -0.25) is 9.59 Å². The molecule has 76 valence electrons. The summed E-state index contributed by atoms with van der Waals surface area (Å²) < 4.78 is 4.51. The third-order valence-corrected chi connectivity index (χ3v) is 1.03. The van der Waals surface area contributed by atoms with Crippen molar-refractivity contribution >= 4 is 17.5 Å². The van der Waals surface area contributed by atoms with Crippen LogP contribution in [0, 0.1) is 5.41 Å². The van der Waals surface area contributed by atoms with Crippen LogP contribution in [0.3, 0.4) is 0 Å². The number of ether oxygens (including phenoxy) is 1. The highest BCUT2D eigenvalue weighted by Gasteiger charge is 2.10. The number of carbonyl (C=O) groups excluding carboxylic acids is 2. The number of hydrogen-bond donors (Lipinski definition) is 1. The summed E-state index contributed by atoms with van der Waals surface area (Å²) in [6.07, 6.45) is -0.316. The van der Waals surface area contributed by atoms with E-state index in [0.29, 0.717) is 0 Å². The Morgan fingerprint density at radius 3 is 2.08 bits per heavy atom. The highest BCUT2D eigenvalue weighted by Crippen LogP contribution is 1.89. The summed E-state index contributed by atoms with van der Waals surface area (Å²) in [5.41, 5.74) is -0.113. The lowest BCUT2D eigenvalue weighted by Gasteiger charge is -1.98. The maximum absolute atomic E-state index is 10.7. The molecule has 0 saturated heterocycles. The van der Waals surface area contributed by atoms with E-state index < -0.39 is 11.8 Å². The molecule has 0 unspecified atom stereocenters. The molecular weight excluding hydrogens is 170 g/mol. The molecule has 0 fully saturated rings. The van der Waals surface area contributed by atoms with Gasteiger partial charge in [0, 0.05) is 0 Å². The van der Waals surface area contributed by atoms with Gasteiger partial charge in [-0.1, -0.05) is 13.8 Å². The fourth-order valence-corrected chi connectivity index (χ4v) is 0.476. The Kier molecular flexibility index (Phi) is 9.82. The average molecular weight is 187 g/mol. The van der Waals surface area contributed by atoms with Crippen LogP contribution in [0.15, 0.2) is 0 Å². The first-order chi connectivity index (χ1) is 6.07. The van der Waals surface area contributed by atoms with Crippen molar-refractivity contribution in [3.05, 3.63) is 0 Å². The molecule has 0 aliphatic heterocycles. The summed E-state index contributed by atoms with van der Waals surface area (Å²) in [7, 11) is 0. The second kappa shape index (κ2) is 8.90. The predicted octanol–water partition coefficient (Wildman–Crippen LogP) is 1.57. The zero-order chi connectivity index (χ0) is 10.9. The van der Waals surface area contributed by atoms with E-state index in [-0.39, 0.29) is 18.7 Å². The Hall–Kier alpha value is -1.19. The molecule has 0 saturated carbocycles. The van der Waals surface area contributed by atoms with E-state index >= 15 is 0 Å². The summed E-state index contributed by atoms with van der Waals surface area (Å²) in [6.45, 7) is 7.28. The molecule has 4 nitrogen and oxygen atoms in total. The van der Waals surface area contributed by atoms with Crippen molar-refractivity contribution in [1.82, 2.24) is 0 Å². The first-order valence-electron chi connectivity index (χ1n) is 4.32. The van der Waals surface area contributed by atoms with E-state index in [9.17, 15) is 9.59 Å². The number of carbonyl (C=O) groups is 2. The fourth-order valence-electron chi connectivity index (χ4n) is 0.476. The minimum absolute atomic E-state index is 0.113. The maximum Gasteiger partial charge on any atom is 0.313 e. The molecule has 0 spiro atoms. The molecule has 1 N–H and O–H groups in total. The van der Waals surface area contributed by atoms with Gasteiger partial charge in [0.15, 0.2) is 5.78 Å². The molecule has 0 aromatic heterocycles. The molecule has 0 aromatic rings. The topological polar surface area (TPSA) is 67.2 Å². The van der Waals surface area contributed by atoms with Gasteiger partial charge in [0.2, 0.25) is 0 Å². The molecule has 0 rings (SSSR count). The Balaban J connectivity index is 0. The lowest BCUT2D eigenvalue weighted by molar-refractivity contribution is -0.144. The van der Waals surface area contributed by atoms with Crippen LogP contribution in [0.4, 0.5) is 0 Å². The second-order valence-corrected chi connectivity index (χ2v) is 2.03. The monoisotopic (exact) mass is 187 g/mol. The molecule has 0 heterocycles. The Morgan fingerprint density at radius 1 is 1.31 bits per heavy atom. The average Bonchev–Trinajstić information content (AvgIpc) is 2.08. The van der Waals surface area contributed by atoms with Gasteiger partial charge in [0.05, 0.1) is 12.3 Å². The van der Waals surface area contributed by atoms with Crippen molar-refractivity contribution < 1.29 is 14.3 Å². The van der Waals surface area contributed by atoms with Gasteiger partial charge < -0.3 is 10.1 Å². The normalized spacial score (nSPS) is 8.00. The molecule has 0 aliphatic carbocycles. The largest absolute Gasteiger partial charge is 0.466 e. The summed E-state index contributed by atoms with van der Waals surface area (Å²) in [6, 6.07) is 0. The molecule has 13 heavy (non-hydrogen) atoms. The quantitative estimate of drug-likeness (QED) is 0.412. The third-order valence-electron chi connectivity index (χ3n) is 1.03. The summed E-state index contributed by atoms with van der Waals surface area (Å²) in [5, 5.41) is 6.87. The summed E-state index contributed by atoms with van der Waals surface area (Å²) >= 11 is 0. The van der Waals surface area contributed by atoms with E-state index in [2.05, 4.69) is 4.74 Å². The lowest BCUT2D eigenvalue weighted by Crippen LogP contribution is -2.16. The maximum atomic E-state index is 10.7. The van der Waals surface area contributed by atoms with Crippen molar-refractivity contribution in [3.63, 3.8) is 0 Å². The number of hydrogen-bond acceptors (Lipinski definition) is 4. The first kappa shape index (κ1) is 14.3. The third kappa shape index (κ3) is 8.72. The Morgan fingerprint density at radius 2 is 1.77 bits per heavy atom. The molecule has 0 atom stereocenters. The van der Waals surface area contributed by atoms with Crippen LogP contribution < -0.4 is 0 Å². The van der Waals surface area contributed by atoms with Gasteiger partial charge in [-0.25, -0.2) is 0 Å². The van der Waals surface area contributed by atoms with E-state index in [0.717, 1.165) is 0 Å². The van der Waals surface area contributed by atoms with Gasteiger partial charge in [-0.2, -0.15) is 0 Å². The molecule has 0 aliphatic rings. The Bertz CT molecular complexity index is 187. The molecule has 0 aromatic carbocycles. The van der Waals surface area contributed by atoms with Gasteiger partial charge in [0.1, 0.15) is 6.42 Å². The molecule has 4 heteroatoms. The second-order valence-electron chi connectivity index (χ2n) is 2.03. The predicted molar refractivity (Wildman–Crippen MR) is 51.0 cm³/mol. The zero-order valence-corrected chi connectivity index (χ0v) is 8.64. The number of rotatable bonds is 4. The minimum atomic E-state index is -0.566. The molecular formula is C9H17NO3. The number of Topliss-reactive ketones (excluding diaryl/α,β-unsaturated/α-hetero) is 1. The molecule has 0 amide bonds.